The summed E-state index contributed by atoms with van der Waals surface area (Å²) in [5.41, 5.74) is 0.769. The monoisotopic (exact) mass is 345 g/mol. The van der Waals surface area contributed by atoms with Gasteiger partial charge in [0.2, 0.25) is 10.0 Å². The molecule has 0 spiro atoms. The molecule has 2 saturated heterocycles. The fraction of sp³-hybridized carbons (Fsp3) is 0.600. The minimum absolute atomic E-state index is 0.157. The van der Waals surface area contributed by atoms with Crippen LogP contribution in [0.3, 0.4) is 0 Å². The van der Waals surface area contributed by atoms with Gasteiger partial charge in [0.15, 0.2) is 0 Å². The van der Waals surface area contributed by atoms with Gasteiger partial charge in [-0.15, -0.1) is 0 Å². The van der Waals surface area contributed by atoms with Crippen molar-refractivity contribution in [2.24, 2.45) is 0 Å². The SMILES string of the molecule is CSC1CC2CCC(C1)N2S(=O)(=O)c1cc(Cl)ccc1C. The van der Waals surface area contributed by atoms with Crippen LogP contribution in [0.25, 0.3) is 0 Å². The summed E-state index contributed by atoms with van der Waals surface area (Å²) < 4.78 is 27.9. The van der Waals surface area contributed by atoms with Crippen LogP contribution in [0.4, 0.5) is 0 Å². The molecule has 2 unspecified atom stereocenters. The van der Waals surface area contributed by atoms with Gasteiger partial charge < -0.3 is 0 Å². The summed E-state index contributed by atoms with van der Waals surface area (Å²) >= 11 is 7.87. The Morgan fingerprint density at radius 2 is 1.86 bits per heavy atom. The summed E-state index contributed by atoms with van der Waals surface area (Å²) in [6, 6.07) is 5.43. The Morgan fingerprint density at radius 3 is 2.43 bits per heavy atom. The van der Waals surface area contributed by atoms with E-state index in [0.29, 0.717) is 15.2 Å². The molecule has 0 amide bonds. The Hall–Kier alpha value is -0.230. The van der Waals surface area contributed by atoms with E-state index in [1.807, 2.05) is 18.7 Å². The molecule has 0 aliphatic carbocycles. The zero-order valence-electron chi connectivity index (χ0n) is 12.3. The largest absolute Gasteiger partial charge is 0.243 e. The minimum atomic E-state index is -3.44. The average molecular weight is 346 g/mol. The summed E-state index contributed by atoms with van der Waals surface area (Å²) in [6.45, 7) is 1.83. The van der Waals surface area contributed by atoms with Crippen LogP contribution in [0.2, 0.25) is 5.02 Å². The second-order valence-corrected chi connectivity index (χ2v) is 9.34. The Kier molecular flexibility index (Phi) is 4.30. The van der Waals surface area contributed by atoms with Crippen molar-refractivity contribution in [1.29, 1.82) is 0 Å². The molecular formula is C15H20ClNO2S2. The lowest BCUT2D eigenvalue weighted by molar-refractivity contribution is 0.253. The normalized spacial score (nSPS) is 29.8. The van der Waals surface area contributed by atoms with E-state index < -0.39 is 10.0 Å². The van der Waals surface area contributed by atoms with Crippen LogP contribution in [0.15, 0.2) is 23.1 Å². The van der Waals surface area contributed by atoms with Gasteiger partial charge in [0.25, 0.3) is 0 Å². The van der Waals surface area contributed by atoms with E-state index in [2.05, 4.69) is 6.26 Å². The number of halogens is 1. The van der Waals surface area contributed by atoms with Gasteiger partial charge in [-0.2, -0.15) is 16.1 Å². The lowest BCUT2D eigenvalue weighted by Crippen LogP contribution is -2.47. The van der Waals surface area contributed by atoms with Crippen molar-refractivity contribution in [2.75, 3.05) is 6.26 Å². The molecule has 2 aliphatic heterocycles. The van der Waals surface area contributed by atoms with Gasteiger partial charge in [-0.25, -0.2) is 8.42 Å². The molecule has 6 heteroatoms. The van der Waals surface area contributed by atoms with E-state index in [0.717, 1.165) is 31.2 Å². The molecule has 0 N–H and O–H groups in total. The number of fused-ring (bicyclic) bond motifs is 2. The maximum absolute atomic E-state index is 13.1. The van der Waals surface area contributed by atoms with Crippen LogP contribution < -0.4 is 0 Å². The van der Waals surface area contributed by atoms with E-state index in [-0.39, 0.29) is 12.1 Å². The summed E-state index contributed by atoms with van der Waals surface area (Å²) in [5, 5.41) is 1.07. The van der Waals surface area contributed by atoms with Gasteiger partial charge in [0.05, 0.1) is 4.90 Å². The van der Waals surface area contributed by atoms with Gasteiger partial charge >= 0.3 is 0 Å². The number of piperidine rings is 1. The number of sulfonamides is 1. The minimum Gasteiger partial charge on any atom is -0.207 e. The molecule has 2 atom stereocenters. The second-order valence-electron chi connectivity index (χ2n) is 5.96. The van der Waals surface area contributed by atoms with Crippen molar-refractivity contribution in [2.45, 2.75) is 54.8 Å². The lowest BCUT2D eigenvalue weighted by Gasteiger charge is -2.37. The topological polar surface area (TPSA) is 37.4 Å². The fourth-order valence-corrected chi connectivity index (χ4v) is 6.85. The highest BCUT2D eigenvalue weighted by Crippen LogP contribution is 2.43. The zero-order chi connectivity index (χ0) is 15.2. The van der Waals surface area contributed by atoms with Crippen molar-refractivity contribution in [1.82, 2.24) is 4.31 Å². The van der Waals surface area contributed by atoms with Crippen LogP contribution in [0, 0.1) is 6.92 Å². The standard InChI is InChI=1S/C15H20ClNO2S2/c1-10-3-4-11(16)7-15(10)21(18,19)17-12-5-6-13(17)9-14(8-12)20-2/h3-4,7,12-14H,5-6,8-9H2,1-2H3. The quantitative estimate of drug-likeness (QED) is 0.838. The van der Waals surface area contributed by atoms with Crippen molar-refractivity contribution >= 4 is 33.4 Å². The first-order valence-electron chi connectivity index (χ1n) is 7.26. The molecule has 0 radical (unpaired) electrons. The van der Waals surface area contributed by atoms with Crippen molar-refractivity contribution in [3.8, 4) is 0 Å². The third kappa shape index (κ3) is 2.74. The zero-order valence-corrected chi connectivity index (χ0v) is 14.6. The average Bonchev–Trinajstić information content (AvgIpc) is 2.73. The van der Waals surface area contributed by atoms with Crippen molar-refractivity contribution in [3.05, 3.63) is 28.8 Å². The smallest absolute Gasteiger partial charge is 0.207 e. The molecular weight excluding hydrogens is 326 g/mol. The fourth-order valence-electron chi connectivity index (χ4n) is 3.63. The summed E-state index contributed by atoms with van der Waals surface area (Å²) in [5.74, 6) is 0. The molecule has 2 fully saturated rings. The Bertz CT molecular complexity index is 633. The third-order valence-electron chi connectivity index (χ3n) is 4.66. The van der Waals surface area contributed by atoms with Crippen molar-refractivity contribution < 1.29 is 8.42 Å². The number of hydrogen-bond donors (Lipinski definition) is 0. The number of thioether (sulfide) groups is 1. The highest BCUT2D eigenvalue weighted by molar-refractivity contribution is 7.99. The van der Waals surface area contributed by atoms with Gasteiger partial charge in [0, 0.05) is 22.4 Å². The van der Waals surface area contributed by atoms with Crippen LogP contribution in [0.5, 0.6) is 0 Å². The Labute approximate surface area is 136 Å². The number of benzene rings is 1. The summed E-state index contributed by atoms with van der Waals surface area (Å²) in [4.78, 5) is 0.370. The van der Waals surface area contributed by atoms with E-state index >= 15 is 0 Å². The number of hydrogen-bond acceptors (Lipinski definition) is 3. The molecule has 2 aliphatic rings. The maximum atomic E-state index is 13.1. The first kappa shape index (κ1) is 15.7. The Morgan fingerprint density at radius 1 is 1.24 bits per heavy atom. The van der Waals surface area contributed by atoms with Gasteiger partial charge in [-0.1, -0.05) is 17.7 Å². The van der Waals surface area contributed by atoms with Gasteiger partial charge in [0.1, 0.15) is 0 Å². The number of aryl methyl sites for hydroxylation is 1. The van der Waals surface area contributed by atoms with E-state index in [1.54, 1.807) is 22.5 Å². The molecule has 1 aromatic carbocycles. The predicted molar refractivity (Wildman–Crippen MR) is 88.6 cm³/mol. The summed E-state index contributed by atoms with van der Waals surface area (Å²) in [6.07, 6.45) is 6.03. The highest BCUT2D eigenvalue weighted by atomic mass is 35.5. The molecule has 21 heavy (non-hydrogen) atoms. The highest BCUT2D eigenvalue weighted by Gasteiger charge is 2.47. The molecule has 0 aromatic heterocycles. The second kappa shape index (κ2) is 5.76. The lowest BCUT2D eigenvalue weighted by atomic mass is 10.1. The number of rotatable bonds is 3. The van der Waals surface area contributed by atoms with E-state index in [9.17, 15) is 8.42 Å². The Balaban J connectivity index is 1.98. The predicted octanol–water partition coefficient (Wildman–Crippen LogP) is 3.70. The van der Waals surface area contributed by atoms with Crippen LogP contribution in [-0.4, -0.2) is 36.3 Å². The van der Waals surface area contributed by atoms with Gasteiger partial charge in [-0.3, -0.25) is 0 Å². The molecule has 1 aromatic rings. The van der Waals surface area contributed by atoms with Gasteiger partial charge in [-0.05, 0) is 56.6 Å². The molecule has 0 saturated carbocycles. The number of nitrogens with zero attached hydrogens (tertiary/aromatic N) is 1. The first-order valence-corrected chi connectivity index (χ1v) is 10.4. The molecule has 3 rings (SSSR count). The molecule has 116 valence electrons. The summed E-state index contributed by atoms with van der Waals surface area (Å²) in [7, 11) is -3.44. The maximum Gasteiger partial charge on any atom is 0.243 e. The van der Waals surface area contributed by atoms with Crippen LogP contribution >= 0.6 is 23.4 Å². The molecule has 2 heterocycles. The van der Waals surface area contributed by atoms with Crippen molar-refractivity contribution in [3.63, 3.8) is 0 Å². The van der Waals surface area contributed by atoms with E-state index in [4.69, 9.17) is 11.6 Å². The third-order valence-corrected chi connectivity index (χ3v) is 8.10. The van der Waals surface area contributed by atoms with E-state index in [1.165, 1.54) is 0 Å². The molecule has 2 bridgehead atoms. The van der Waals surface area contributed by atoms with Crippen LogP contribution in [-0.2, 0) is 10.0 Å². The van der Waals surface area contributed by atoms with Crippen LogP contribution in [0.1, 0.15) is 31.2 Å². The molecule has 3 nitrogen and oxygen atoms in total. The first-order chi connectivity index (χ1) is 9.93.